The van der Waals surface area contributed by atoms with E-state index in [0.717, 1.165) is 16.5 Å². The van der Waals surface area contributed by atoms with E-state index in [1.165, 1.54) is 12.5 Å². The number of carbonyl (C=O) groups excluding carboxylic acids is 3. The van der Waals surface area contributed by atoms with Crippen LogP contribution in [0.1, 0.15) is 11.3 Å². The molecule has 2 heterocycles. The van der Waals surface area contributed by atoms with Crippen molar-refractivity contribution >= 4 is 47.2 Å². The van der Waals surface area contributed by atoms with Gasteiger partial charge in [0.25, 0.3) is 0 Å². The Morgan fingerprint density at radius 3 is 2.30 bits per heavy atom. The van der Waals surface area contributed by atoms with Crippen LogP contribution in [0.5, 0.6) is 0 Å². The first-order valence-corrected chi connectivity index (χ1v) is 12.0. The Balaban J connectivity index is 1.77. The van der Waals surface area contributed by atoms with Gasteiger partial charge < -0.3 is 41.9 Å². The number of aliphatic hydroxyl groups excluding tert-OH is 1. The highest BCUT2D eigenvalue weighted by atomic mass is 32.1. The Morgan fingerprint density at radius 2 is 1.65 bits per heavy atom. The molecule has 1 aromatic carbocycles. The van der Waals surface area contributed by atoms with Crippen molar-refractivity contribution in [3.8, 4) is 0 Å². The molecule has 198 valence electrons. The minimum Gasteiger partial charge on any atom is -0.480 e. The van der Waals surface area contributed by atoms with Gasteiger partial charge in [0, 0.05) is 47.6 Å². The number of hydrogen-bond donors (Lipinski definition) is 9. The van der Waals surface area contributed by atoms with Crippen LogP contribution >= 0.6 is 12.6 Å². The van der Waals surface area contributed by atoms with Crippen LogP contribution in [0, 0.1) is 0 Å². The number of nitrogens with one attached hydrogen (secondary N) is 5. The van der Waals surface area contributed by atoms with Crippen LogP contribution in [0.3, 0.4) is 0 Å². The number of aliphatic hydroxyl groups is 1. The lowest BCUT2D eigenvalue weighted by Gasteiger charge is -2.24. The van der Waals surface area contributed by atoms with Crippen molar-refractivity contribution in [2.45, 2.75) is 37.0 Å². The third-order valence-corrected chi connectivity index (χ3v) is 6.04. The zero-order chi connectivity index (χ0) is 26.9. The molecule has 0 bridgehead atoms. The van der Waals surface area contributed by atoms with Crippen molar-refractivity contribution in [1.29, 1.82) is 0 Å². The third kappa shape index (κ3) is 7.31. The van der Waals surface area contributed by atoms with Crippen molar-refractivity contribution in [1.82, 2.24) is 30.9 Å². The lowest BCUT2D eigenvalue weighted by atomic mass is 10.0. The number of imidazole rings is 1. The van der Waals surface area contributed by atoms with E-state index in [1.807, 2.05) is 24.3 Å². The summed E-state index contributed by atoms with van der Waals surface area (Å²) in [5, 5.41) is 26.9. The van der Waals surface area contributed by atoms with Crippen LogP contribution in [0.4, 0.5) is 0 Å². The number of para-hydroxylation sites is 1. The molecule has 13 nitrogen and oxygen atoms in total. The van der Waals surface area contributed by atoms with E-state index in [0.29, 0.717) is 5.69 Å². The molecule has 4 unspecified atom stereocenters. The second kappa shape index (κ2) is 12.9. The van der Waals surface area contributed by atoms with E-state index in [9.17, 15) is 24.3 Å². The summed E-state index contributed by atoms with van der Waals surface area (Å²) in [5.41, 5.74) is 8.22. The molecule has 37 heavy (non-hydrogen) atoms. The number of nitrogens with zero attached hydrogens (tertiary/aromatic N) is 1. The van der Waals surface area contributed by atoms with E-state index < -0.39 is 54.5 Å². The van der Waals surface area contributed by atoms with Crippen LogP contribution < -0.4 is 21.7 Å². The quantitative estimate of drug-likeness (QED) is 0.118. The number of aromatic nitrogens is 3. The number of amides is 3. The number of fused-ring (bicyclic) bond motifs is 1. The normalized spacial score (nSPS) is 14.4. The number of aliphatic carboxylic acids is 1. The molecule has 3 amide bonds. The van der Waals surface area contributed by atoms with Crippen LogP contribution in [-0.2, 0) is 32.0 Å². The van der Waals surface area contributed by atoms with E-state index in [2.05, 4.69) is 43.5 Å². The number of nitrogens with two attached hydrogens (primary N) is 1. The number of aromatic amines is 2. The first-order chi connectivity index (χ1) is 17.7. The van der Waals surface area contributed by atoms with E-state index in [1.54, 1.807) is 6.20 Å². The molecule has 0 aliphatic heterocycles. The lowest BCUT2D eigenvalue weighted by molar-refractivity contribution is -0.142. The molecule has 4 atom stereocenters. The SMILES string of the molecule is NC(Cc1cnc[nH]1)C(=O)NC(Cc1c[nH]c2ccccc12)C(=O)NC(CO)C(=O)NC(CS)C(=O)O. The fourth-order valence-electron chi connectivity index (χ4n) is 3.66. The highest BCUT2D eigenvalue weighted by molar-refractivity contribution is 7.80. The summed E-state index contributed by atoms with van der Waals surface area (Å²) in [6.45, 7) is -0.802. The van der Waals surface area contributed by atoms with Crippen molar-refractivity contribution in [2.24, 2.45) is 5.73 Å². The second-order valence-corrected chi connectivity index (χ2v) is 8.70. The number of carbonyl (C=O) groups is 4. The molecular formula is C23H29N7O6S. The lowest BCUT2D eigenvalue weighted by Crippen LogP contribution is -2.58. The summed E-state index contributed by atoms with van der Waals surface area (Å²) < 4.78 is 0. The summed E-state index contributed by atoms with van der Waals surface area (Å²) in [4.78, 5) is 59.6. The molecule has 0 aliphatic carbocycles. The van der Waals surface area contributed by atoms with Gasteiger partial charge in [0.05, 0.1) is 19.0 Å². The predicted octanol–water partition coefficient (Wildman–Crippen LogP) is -1.54. The minimum atomic E-state index is -1.46. The Kier molecular flexibility index (Phi) is 9.65. The summed E-state index contributed by atoms with van der Waals surface area (Å²) in [5.74, 6) is -3.80. The van der Waals surface area contributed by atoms with Gasteiger partial charge >= 0.3 is 5.97 Å². The van der Waals surface area contributed by atoms with Crippen molar-refractivity contribution in [2.75, 3.05) is 12.4 Å². The van der Waals surface area contributed by atoms with Gasteiger partial charge in [0.15, 0.2) is 0 Å². The number of thiol groups is 1. The molecule has 14 heteroatoms. The predicted molar refractivity (Wildman–Crippen MR) is 137 cm³/mol. The van der Waals surface area contributed by atoms with Crippen molar-refractivity contribution in [3.63, 3.8) is 0 Å². The van der Waals surface area contributed by atoms with E-state index >= 15 is 0 Å². The third-order valence-electron chi connectivity index (χ3n) is 5.68. The number of carboxylic acids is 1. The standard InChI is InChI=1S/C23H29N7O6S/c24-15(6-13-8-25-11-27-13)20(32)28-17(5-12-7-26-16-4-2-1-3-14(12)16)21(33)29-18(9-31)22(34)30-19(10-37)23(35)36/h1-4,7-8,11,15,17-19,26,31,37H,5-6,9-10,24H2,(H,25,27)(H,28,32)(H,29,33)(H,30,34)(H,35,36). The van der Waals surface area contributed by atoms with Gasteiger partial charge in [-0.25, -0.2) is 9.78 Å². The summed E-state index contributed by atoms with van der Waals surface area (Å²) in [6.07, 6.45) is 4.89. The number of hydrogen-bond acceptors (Lipinski definition) is 8. The zero-order valence-electron chi connectivity index (χ0n) is 19.7. The molecule has 0 saturated heterocycles. The summed E-state index contributed by atoms with van der Waals surface area (Å²) in [6, 6.07) is 2.46. The van der Waals surface area contributed by atoms with Crippen molar-refractivity contribution in [3.05, 3.63) is 54.2 Å². The van der Waals surface area contributed by atoms with Crippen LogP contribution in [0.2, 0.25) is 0 Å². The van der Waals surface area contributed by atoms with E-state index in [-0.39, 0.29) is 18.6 Å². The molecule has 3 rings (SSSR count). The fraction of sp³-hybridized carbons (Fsp3) is 0.348. The molecule has 9 N–H and O–H groups in total. The fourth-order valence-corrected chi connectivity index (χ4v) is 3.91. The molecular weight excluding hydrogens is 502 g/mol. The highest BCUT2D eigenvalue weighted by Gasteiger charge is 2.30. The topological polar surface area (TPSA) is 215 Å². The molecule has 0 spiro atoms. The van der Waals surface area contributed by atoms with Crippen LogP contribution in [0.25, 0.3) is 10.9 Å². The van der Waals surface area contributed by atoms with Crippen LogP contribution in [0.15, 0.2) is 43.0 Å². The van der Waals surface area contributed by atoms with Crippen molar-refractivity contribution < 1.29 is 29.4 Å². The maximum atomic E-state index is 13.2. The molecule has 3 aromatic rings. The zero-order valence-corrected chi connectivity index (χ0v) is 20.6. The van der Waals surface area contributed by atoms with Gasteiger partial charge in [-0.3, -0.25) is 14.4 Å². The summed E-state index contributed by atoms with van der Waals surface area (Å²) in [7, 11) is 0. The van der Waals surface area contributed by atoms with Gasteiger partial charge in [-0.05, 0) is 11.6 Å². The average molecular weight is 532 g/mol. The molecule has 0 radical (unpaired) electrons. The van der Waals surface area contributed by atoms with Gasteiger partial charge in [0.1, 0.15) is 18.1 Å². The smallest absolute Gasteiger partial charge is 0.327 e. The highest BCUT2D eigenvalue weighted by Crippen LogP contribution is 2.19. The monoisotopic (exact) mass is 531 g/mol. The minimum absolute atomic E-state index is 0.0481. The molecule has 0 saturated carbocycles. The van der Waals surface area contributed by atoms with Gasteiger partial charge in [-0.2, -0.15) is 12.6 Å². The average Bonchev–Trinajstić information content (AvgIpc) is 3.54. The van der Waals surface area contributed by atoms with Gasteiger partial charge in [-0.1, -0.05) is 18.2 Å². The first-order valence-electron chi connectivity index (χ1n) is 11.4. The number of H-pyrrole nitrogens is 2. The van der Waals surface area contributed by atoms with Gasteiger partial charge in [-0.15, -0.1) is 0 Å². The number of rotatable bonds is 13. The summed E-state index contributed by atoms with van der Waals surface area (Å²) >= 11 is 3.88. The Bertz CT molecular complexity index is 1230. The molecule has 0 fully saturated rings. The number of carboxylic acid groups (broad SMARTS) is 1. The maximum absolute atomic E-state index is 13.2. The molecule has 2 aromatic heterocycles. The van der Waals surface area contributed by atoms with Gasteiger partial charge in [0.2, 0.25) is 17.7 Å². The number of benzene rings is 1. The molecule has 0 aliphatic rings. The van der Waals surface area contributed by atoms with E-state index in [4.69, 9.17) is 10.8 Å². The first kappa shape index (κ1) is 27.7. The Labute approximate surface area is 217 Å². The Morgan fingerprint density at radius 1 is 0.973 bits per heavy atom. The second-order valence-electron chi connectivity index (χ2n) is 8.34. The maximum Gasteiger partial charge on any atom is 0.327 e. The Hall–Kier alpha value is -3.88. The van der Waals surface area contributed by atoms with Crippen LogP contribution in [-0.4, -0.2) is 85.4 Å². The largest absolute Gasteiger partial charge is 0.480 e.